The van der Waals surface area contributed by atoms with Crippen LogP contribution in [0.1, 0.15) is 48.0 Å². The van der Waals surface area contributed by atoms with E-state index in [1.54, 1.807) is 41.5 Å². The van der Waals surface area contributed by atoms with Crippen molar-refractivity contribution in [1.82, 2.24) is 0 Å². The summed E-state index contributed by atoms with van der Waals surface area (Å²) in [5, 5.41) is 0. The molecule has 0 aliphatic carbocycles. The zero-order valence-electron chi connectivity index (χ0n) is 12.8. The van der Waals surface area contributed by atoms with Gasteiger partial charge in [0.15, 0.2) is 0 Å². The average Bonchev–Trinajstić information content (AvgIpc) is 2.32. The minimum Gasteiger partial charge on any atom is -0.463 e. The van der Waals surface area contributed by atoms with Crippen LogP contribution in [0.2, 0.25) is 0 Å². The predicted molar refractivity (Wildman–Crippen MR) is 71.7 cm³/mol. The lowest BCUT2D eigenvalue weighted by Crippen LogP contribution is -2.31. The van der Waals surface area contributed by atoms with Gasteiger partial charge in [-0.05, 0) is 34.6 Å². The number of carbonyl (C=O) groups excluding carboxylic acids is 2. The Hall–Kier alpha value is -1.10. The fourth-order valence-electron chi connectivity index (χ4n) is 1.05. The van der Waals surface area contributed by atoms with E-state index in [-0.39, 0.29) is 37.4 Å². The summed E-state index contributed by atoms with van der Waals surface area (Å²) in [7, 11) is 0. The highest BCUT2D eigenvalue weighted by Crippen LogP contribution is 2.16. The van der Waals surface area contributed by atoms with Crippen LogP contribution in [-0.4, -0.2) is 37.4 Å². The predicted octanol–water partition coefficient (Wildman–Crippen LogP) is 2.32. The van der Waals surface area contributed by atoms with Crippen molar-refractivity contribution in [2.24, 2.45) is 5.41 Å². The topological polar surface area (TPSA) is 61.8 Å². The summed E-state index contributed by atoms with van der Waals surface area (Å²) in [6.07, 6.45) is -0.186. The Balaban J connectivity index is 3.87. The first-order chi connectivity index (χ1) is 8.66. The number of hydrogen-bond donors (Lipinski definition) is 0. The molecule has 0 aromatic carbocycles. The molecule has 2 atom stereocenters. The highest BCUT2D eigenvalue weighted by atomic mass is 16.6. The Labute approximate surface area is 115 Å². The van der Waals surface area contributed by atoms with Crippen LogP contribution in [0.15, 0.2) is 0 Å². The first-order valence-corrected chi connectivity index (χ1v) is 6.65. The Kier molecular flexibility index (Phi) is 7.68. The Morgan fingerprint density at radius 3 is 2.11 bits per heavy atom. The Bertz CT molecular complexity index is 293. The number of hydrogen-bond acceptors (Lipinski definition) is 5. The molecule has 19 heavy (non-hydrogen) atoms. The van der Waals surface area contributed by atoms with Crippen molar-refractivity contribution in [2.45, 2.75) is 60.2 Å². The van der Waals surface area contributed by atoms with E-state index in [4.69, 9.17) is 14.2 Å². The van der Waals surface area contributed by atoms with Gasteiger partial charge in [0, 0.05) is 6.42 Å². The molecule has 0 aliphatic heterocycles. The molecule has 0 rings (SSSR count). The average molecular weight is 274 g/mol. The maximum absolute atomic E-state index is 11.6. The second-order valence-corrected chi connectivity index (χ2v) is 5.65. The number of rotatable bonds is 7. The Morgan fingerprint density at radius 1 is 1.05 bits per heavy atom. The van der Waals surface area contributed by atoms with Gasteiger partial charge in [-0.2, -0.15) is 0 Å². The first kappa shape index (κ1) is 17.9. The molecule has 0 fully saturated rings. The molecule has 0 saturated heterocycles. The summed E-state index contributed by atoms with van der Waals surface area (Å²) < 4.78 is 15.6. The lowest BCUT2D eigenvalue weighted by molar-refractivity contribution is -0.162. The van der Waals surface area contributed by atoms with Crippen LogP contribution in [-0.2, 0) is 23.8 Å². The molecule has 5 nitrogen and oxygen atoms in total. The molecule has 0 aromatic rings. The quantitative estimate of drug-likeness (QED) is 0.667. The maximum atomic E-state index is 11.6. The monoisotopic (exact) mass is 274 g/mol. The first-order valence-electron chi connectivity index (χ1n) is 6.65. The van der Waals surface area contributed by atoms with Gasteiger partial charge in [0.25, 0.3) is 0 Å². The molecule has 0 saturated carbocycles. The minimum atomic E-state index is -0.517. The fraction of sp³-hybridized carbons (Fsp3) is 0.857. The van der Waals surface area contributed by atoms with Crippen molar-refractivity contribution < 1.29 is 23.8 Å². The smallest absolute Gasteiger partial charge is 0.311 e. The van der Waals surface area contributed by atoms with E-state index in [1.807, 2.05) is 0 Å². The molecule has 2 unspecified atom stereocenters. The second-order valence-electron chi connectivity index (χ2n) is 5.65. The Morgan fingerprint density at radius 2 is 1.63 bits per heavy atom. The third-order valence-corrected chi connectivity index (χ3v) is 2.30. The lowest BCUT2D eigenvalue weighted by atomic mass is 9.97. The summed E-state index contributed by atoms with van der Waals surface area (Å²) >= 11 is 0. The van der Waals surface area contributed by atoms with E-state index in [0.29, 0.717) is 6.42 Å². The molecular formula is C14H26O5. The summed E-state index contributed by atoms with van der Waals surface area (Å²) in [6.45, 7) is 11.2. The molecular weight excluding hydrogens is 248 g/mol. The van der Waals surface area contributed by atoms with Crippen LogP contribution in [0.4, 0.5) is 0 Å². The summed E-state index contributed by atoms with van der Waals surface area (Å²) in [5.74, 6) is -0.503. The molecule has 0 bridgehead atoms. The molecule has 0 amide bonds. The minimum absolute atomic E-state index is 0.215. The van der Waals surface area contributed by atoms with E-state index >= 15 is 0 Å². The van der Waals surface area contributed by atoms with Crippen molar-refractivity contribution >= 4 is 11.9 Å². The van der Waals surface area contributed by atoms with Gasteiger partial charge in [-0.25, -0.2) is 0 Å². The summed E-state index contributed by atoms with van der Waals surface area (Å²) in [5.41, 5.74) is -0.517. The number of carbonyl (C=O) groups is 2. The molecule has 0 aliphatic rings. The van der Waals surface area contributed by atoms with Crippen LogP contribution in [0.3, 0.4) is 0 Å². The van der Waals surface area contributed by atoms with E-state index in [0.717, 1.165) is 0 Å². The molecule has 5 heteroatoms. The molecule has 112 valence electrons. The fourth-order valence-corrected chi connectivity index (χ4v) is 1.05. The van der Waals surface area contributed by atoms with E-state index in [2.05, 4.69) is 0 Å². The van der Waals surface area contributed by atoms with Gasteiger partial charge in [0.1, 0.15) is 12.7 Å². The van der Waals surface area contributed by atoms with E-state index < -0.39 is 5.41 Å². The van der Waals surface area contributed by atoms with Crippen LogP contribution in [0.5, 0.6) is 0 Å². The van der Waals surface area contributed by atoms with Crippen LogP contribution in [0.25, 0.3) is 0 Å². The highest BCUT2D eigenvalue weighted by Gasteiger charge is 2.25. The third kappa shape index (κ3) is 8.59. The standard InChI is InChI=1S/C14H26O5/c1-7-12(15)18-8-10(2)17-9-11(3)19-13(16)14(4,5)6/h10-11H,7-9H2,1-6H3. The van der Waals surface area contributed by atoms with Crippen molar-refractivity contribution in [1.29, 1.82) is 0 Å². The number of esters is 2. The highest BCUT2D eigenvalue weighted by molar-refractivity contribution is 5.75. The van der Waals surface area contributed by atoms with Gasteiger partial charge >= 0.3 is 11.9 Å². The zero-order chi connectivity index (χ0) is 15.1. The SMILES string of the molecule is CCC(=O)OCC(C)OCC(C)OC(=O)C(C)(C)C. The van der Waals surface area contributed by atoms with E-state index in [1.165, 1.54) is 0 Å². The van der Waals surface area contributed by atoms with Crippen molar-refractivity contribution in [3.05, 3.63) is 0 Å². The lowest BCUT2D eigenvalue weighted by Gasteiger charge is -2.22. The second kappa shape index (κ2) is 8.15. The van der Waals surface area contributed by atoms with Crippen LogP contribution in [0, 0.1) is 5.41 Å². The summed E-state index contributed by atoms with van der Waals surface area (Å²) in [4.78, 5) is 22.6. The van der Waals surface area contributed by atoms with Gasteiger partial charge in [-0.15, -0.1) is 0 Å². The molecule has 0 N–H and O–H groups in total. The van der Waals surface area contributed by atoms with Gasteiger partial charge in [0.05, 0.1) is 18.1 Å². The third-order valence-electron chi connectivity index (χ3n) is 2.30. The largest absolute Gasteiger partial charge is 0.463 e. The molecule has 0 spiro atoms. The number of ether oxygens (including phenoxy) is 3. The van der Waals surface area contributed by atoms with Crippen molar-refractivity contribution in [3.63, 3.8) is 0 Å². The van der Waals surface area contributed by atoms with Gasteiger partial charge in [-0.3, -0.25) is 9.59 Å². The van der Waals surface area contributed by atoms with Crippen LogP contribution >= 0.6 is 0 Å². The normalized spacial score (nSPS) is 14.6. The molecule has 0 radical (unpaired) electrons. The summed E-state index contributed by atoms with van der Waals surface area (Å²) in [6, 6.07) is 0. The molecule has 0 aromatic heterocycles. The molecule has 0 heterocycles. The van der Waals surface area contributed by atoms with Gasteiger partial charge < -0.3 is 14.2 Å². The van der Waals surface area contributed by atoms with Gasteiger partial charge in [-0.1, -0.05) is 6.92 Å². The zero-order valence-corrected chi connectivity index (χ0v) is 12.8. The van der Waals surface area contributed by atoms with Gasteiger partial charge in [0.2, 0.25) is 0 Å². The maximum Gasteiger partial charge on any atom is 0.311 e. The van der Waals surface area contributed by atoms with E-state index in [9.17, 15) is 9.59 Å². The van der Waals surface area contributed by atoms with Crippen LogP contribution < -0.4 is 0 Å². The van der Waals surface area contributed by atoms with Crippen molar-refractivity contribution in [3.8, 4) is 0 Å². The van der Waals surface area contributed by atoms with Crippen molar-refractivity contribution in [2.75, 3.05) is 13.2 Å².